The maximum atomic E-state index is 12.8. The van der Waals surface area contributed by atoms with Gasteiger partial charge in [0.2, 0.25) is 5.91 Å². The summed E-state index contributed by atoms with van der Waals surface area (Å²) in [5.41, 5.74) is 0.924. The number of anilines is 1. The van der Waals surface area contributed by atoms with Crippen LogP contribution < -0.4 is 10.2 Å². The van der Waals surface area contributed by atoms with Gasteiger partial charge < -0.3 is 9.84 Å². The molecule has 7 heteroatoms. The van der Waals surface area contributed by atoms with E-state index in [0.29, 0.717) is 18.5 Å². The largest absolute Gasteiger partial charge is 0.480 e. The molecule has 0 aliphatic carbocycles. The van der Waals surface area contributed by atoms with Gasteiger partial charge in [0.15, 0.2) is 0 Å². The highest BCUT2D eigenvalue weighted by molar-refractivity contribution is 6.01. The van der Waals surface area contributed by atoms with Gasteiger partial charge >= 0.3 is 11.9 Å². The lowest BCUT2D eigenvalue weighted by Crippen LogP contribution is -2.49. The van der Waals surface area contributed by atoms with Crippen molar-refractivity contribution in [2.24, 2.45) is 0 Å². The van der Waals surface area contributed by atoms with E-state index in [-0.39, 0.29) is 12.5 Å². The third-order valence-electron chi connectivity index (χ3n) is 3.76. The van der Waals surface area contributed by atoms with E-state index in [1.165, 1.54) is 4.90 Å². The molecule has 1 aliphatic rings. The van der Waals surface area contributed by atoms with Gasteiger partial charge in [-0.15, -0.1) is 0 Å². The van der Waals surface area contributed by atoms with Crippen molar-refractivity contribution in [3.8, 4) is 0 Å². The fraction of sp³-hybridized carbons (Fsp3) is 0.500. The molecule has 2 rings (SSSR count). The Morgan fingerprint density at radius 1 is 1.32 bits per heavy atom. The number of benzene rings is 1. The van der Waals surface area contributed by atoms with Crippen molar-refractivity contribution < 1.29 is 24.2 Å². The van der Waals surface area contributed by atoms with Crippen LogP contribution in [-0.4, -0.2) is 47.7 Å². The number of aliphatic carboxylic acids is 1. The molecule has 7 nitrogen and oxygen atoms in total. The number of carboxylic acids is 1. The molecule has 0 bridgehead atoms. The van der Waals surface area contributed by atoms with E-state index in [9.17, 15) is 14.4 Å². The summed E-state index contributed by atoms with van der Waals surface area (Å²) >= 11 is 0. The first-order valence-corrected chi connectivity index (χ1v) is 8.23. The summed E-state index contributed by atoms with van der Waals surface area (Å²) < 4.78 is 5.23. The molecule has 0 fully saturated rings. The van der Waals surface area contributed by atoms with Gasteiger partial charge in [-0.25, -0.2) is 0 Å². The van der Waals surface area contributed by atoms with Crippen LogP contribution in [0.3, 0.4) is 0 Å². The topological polar surface area (TPSA) is 95.9 Å². The number of ether oxygens (including phenoxy) is 1. The standard InChI is InChI=1S/C18H24N2O5/c1-18(2,3)25-16(23)10-19-13-9-8-12-6-4-5-7-14(12)20(17(13)24)11-15(21)22/h4-7,13,19H,8-11H2,1-3H3,(H,21,22). The molecule has 1 unspecified atom stereocenters. The molecule has 1 aliphatic heterocycles. The Labute approximate surface area is 147 Å². The summed E-state index contributed by atoms with van der Waals surface area (Å²) in [6.45, 7) is 4.79. The highest BCUT2D eigenvalue weighted by Crippen LogP contribution is 2.26. The average molecular weight is 348 g/mol. The zero-order chi connectivity index (χ0) is 18.6. The number of hydrogen-bond donors (Lipinski definition) is 2. The van der Waals surface area contributed by atoms with E-state index in [1.54, 1.807) is 32.9 Å². The van der Waals surface area contributed by atoms with Crippen molar-refractivity contribution in [2.45, 2.75) is 45.3 Å². The first-order valence-electron chi connectivity index (χ1n) is 8.23. The van der Waals surface area contributed by atoms with E-state index in [2.05, 4.69) is 5.32 Å². The second kappa shape index (κ2) is 7.65. The monoisotopic (exact) mass is 348 g/mol. The third kappa shape index (κ3) is 5.29. The predicted octanol–water partition coefficient (Wildman–Crippen LogP) is 1.35. The predicted molar refractivity (Wildman–Crippen MR) is 92.4 cm³/mol. The molecule has 0 spiro atoms. The maximum Gasteiger partial charge on any atom is 0.323 e. The van der Waals surface area contributed by atoms with Crippen LogP contribution in [0.15, 0.2) is 24.3 Å². The van der Waals surface area contributed by atoms with E-state index >= 15 is 0 Å². The Bertz CT molecular complexity index is 666. The molecule has 1 aromatic carbocycles. The number of nitrogens with one attached hydrogen (secondary N) is 1. The fourth-order valence-corrected chi connectivity index (χ4v) is 2.79. The first-order chi connectivity index (χ1) is 11.7. The molecule has 2 N–H and O–H groups in total. The molecule has 0 radical (unpaired) electrons. The molecular formula is C18H24N2O5. The fourth-order valence-electron chi connectivity index (χ4n) is 2.79. The minimum Gasteiger partial charge on any atom is -0.480 e. The lowest BCUT2D eigenvalue weighted by atomic mass is 10.1. The van der Waals surface area contributed by atoms with Crippen LogP contribution in [0, 0.1) is 0 Å². The molecule has 0 aromatic heterocycles. The van der Waals surface area contributed by atoms with Crippen molar-refractivity contribution in [1.29, 1.82) is 0 Å². The Kier molecular flexibility index (Phi) is 5.79. The number of hydrogen-bond acceptors (Lipinski definition) is 5. The van der Waals surface area contributed by atoms with E-state index in [0.717, 1.165) is 5.56 Å². The summed E-state index contributed by atoms with van der Waals surface area (Å²) in [6.07, 6.45) is 1.10. The third-order valence-corrected chi connectivity index (χ3v) is 3.76. The summed E-state index contributed by atoms with van der Waals surface area (Å²) in [5.74, 6) is -1.89. The van der Waals surface area contributed by atoms with E-state index in [4.69, 9.17) is 9.84 Å². The van der Waals surface area contributed by atoms with Gasteiger partial charge in [0, 0.05) is 5.69 Å². The molecule has 1 heterocycles. The Hall–Kier alpha value is -2.41. The summed E-state index contributed by atoms with van der Waals surface area (Å²) in [6, 6.07) is 6.62. The number of rotatable bonds is 5. The lowest BCUT2D eigenvalue weighted by Gasteiger charge is -2.25. The van der Waals surface area contributed by atoms with Crippen molar-refractivity contribution in [1.82, 2.24) is 5.32 Å². The van der Waals surface area contributed by atoms with Gasteiger partial charge in [-0.3, -0.25) is 24.6 Å². The van der Waals surface area contributed by atoms with Crippen LogP contribution in [-0.2, 0) is 25.5 Å². The lowest BCUT2D eigenvalue weighted by molar-refractivity contribution is -0.153. The molecule has 1 amide bonds. The number of amides is 1. The molecule has 1 aromatic rings. The Balaban J connectivity index is 2.13. The second-order valence-corrected chi connectivity index (χ2v) is 7.01. The quantitative estimate of drug-likeness (QED) is 0.780. The van der Waals surface area contributed by atoms with Crippen LogP contribution in [0.4, 0.5) is 5.69 Å². The molecule has 0 saturated carbocycles. The zero-order valence-corrected chi connectivity index (χ0v) is 14.7. The highest BCUT2D eigenvalue weighted by atomic mass is 16.6. The maximum absolute atomic E-state index is 12.8. The van der Waals surface area contributed by atoms with Crippen LogP contribution in [0.2, 0.25) is 0 Å². The number of aryl methyl sites for hydroxylation is 1. The zero-order valence-electron chi connectivity index (χ0n) is 14.7. The van der Waals surface area contributed by atoms with Crippen LogP contribution in [0.25, 0.3) is 0 Å². The SMILES string of the molecule is CC(C)(C)OC(=O)CNC1CCc2ccccc2N(CC(=O)O)C1=O. The normalized spacial score (nSPS) is 17.6. The van der Waals surface area contributed by atoms with Crippen molar-refractivity contribution >= 4 is 23.5 Å². The Morgan fingerprint density at radius 2 is 2.00 bits per heavy atom. The highest BCUT2D eigenvalue weighted by Gasteiger charge is 2.31. The smallest absolute Gasteiger partial charge is 0.323 e. The molecule has 0 saturated heterocycles. The van der Waals surface area contributed by atoms with Crippen LogP contribution in [0.1, 0.15) is 32.8 Å². The van der Waals surface area contributed by atoms with E-state index in [1.807, 2.05) is 12.1 Å². The van der Waals surface area contributed by atoms with E-state index < -0.39 is 30.1 Å². The minimum absolute atomic E-state index is 0.106. The minimum atomic E-state index is -1.09. The number of para-hydroxylation sites is 1. The molecule has 1 atom stereocenters. The summed E-state index contributed by atoms with van der Waals surface area (Å²) in [5, 5.41) is 12.1. The molecule has 25 heavy (non-hydrogen) atoms. The van der Waals surface area contributed by atoms with Gasteiger partial charge in [-0.1, -0.05) is 18.2 Å². The second-order valence-electron chi connectivity index (χ2n) is 7.01. The number of esters is 1. The molecule has 136 valence electrons. The summed E-state index contributed by atoms with van der Waals surface area (Å²) in [7, 11) is 0. The number of carboxylic acid groups (broad SMARTS) is 1. The van der Waals surface area contributed by atoms with Crippen LogP contribution >= 0.6 is 0 Å². The summed E-state index contributed by atoms with van der Waals surface area (Å²) in [4.78, 5) is 37.1. The molecular weight excluding hydrogens is 324 g/mol. The number of carbonyl (C=O) groups excluding carboxylic acids is 2. The van der Waals surface area contributed by atoms with Crippen molar-refractivity contribution in [3.63, 3.8) is 0 Å². The first kappa shape index (κ1) is 18.9. The number of fused-ring (bicyclic) bond motifs is 1. The van der Waals surface area contributed by atoms with Gasteiger partial charge in [-0.2, -0.15) is 0 Å². The van der Waals surface area contributed by atoms with Crippen LogP contribution in [0.5, 0.6) is 0 Å². The van der Waals surface area contributed by atoms with Crippen molar-refractivity contribution in [2.75, 3.05) is 18.0 Å². The van der Waals surface area contributed by atoms with Gasteiger partial charge in [0.1, 0.15) is 12.1 Å². The van der Waals surface area contributed by atoms with Gasteiger partial charge in [-0.05, 0) is 45.2 Å². The van der Waals surface area contributed by atoms with Gasteiger partial charge in [0.05, 0.1) is 12.6 Å². The number of nitrogens with zero attached hydrogens (tertiary/aromatic N) is 1. The Morgan fingerprint density at radius 3 is 2.64 bits per heavy atom. The average Bonchev–Trinajstić information content (AvgIpc) is 2.62. The van der Waals surface area contributed by atoms with Gasteiger partial charge in [0.25, 0.3) is 0 Å². The van der Waals surface area contributed by atoms with Crippen molar-refractivity contribution in [3.05, 3.63) is 29.8 Å². The number of carbonyl (C=O) groups is 3.